The molecule has 0 aromatic rings. The van der Waals surface area contributed by atoms with E-state index in [0.717, 1.165) is 38.6 Å². The highest BCUT2D eigenvalue weighted by atomic mass is 15.2. The van der Waals surface area contributed by atoms with Crippen LogP contribution in [-0.2, 0) is 0 Å². The summed E-state index contributed by atoms with van der Waals surface area (Å²) in [4.78, 5) is 7.11. The Morgan fingerprint density at radius 3 is 2.05 bits per heavy atom. The number of aliphatic imine (C=N–C) groups is 1. The number of nitrogens with zero attached hydrogens (tertiary/aromatic N) is 2. The van der Waals surface area contributed by atoms with Gasteiger partial charge in [-0.1, -0.05) is 13.8 Å². The van der Waals surface area contributed by atoms with Gasteiger partial charge in [0.05, 0.1) is 0 Å². The number of nitrogens with one attached hydrogen (secondary N) is 2. The Morgan fingerprint density at radius 2 is 1.60 bits per heavy atom. The van der Waals surface area contributed by atoms with E-state index in [-0.39, 0.29) is 0 Å². The highest BCUT2D eigenvalue weighted by Gasteiger charge is 2.12. The van der Waals surface area contributed by atoms with Gasteiger partial charge in [-0.3, -0.25) is 9.89 Å². The fourth-order valence-electron chi connectivity index (χ4n) is 2.20. The molecule has 4 nitrogen and oxygen atoms in total. The lowest BCUT2D eigenvalue weighted by molar-refractivity contribution is 0.173. The molecule has 0 atom stereocenters. The predicted octanol–water partition coefficient (Wildman–Crippen LogP) is 2.71. The Balaban J connectivity index is 4.07. The third-order valence-electron chi connectivity index (χ3n) is 3.17. The molecule has 0 aliphatic rings. The van der Waals surface area contributed by atoms with Gasteiger partial charge in [-0.05, 0) is 47.0 Å². The average molecular weight is 284 g/mol. The minimum Gasteiger partial charge on any atom is -0.357 e. The van der Waals surface area contributed by atoms with E-state index in [4.69, 9.17) is 0 Å². The molecule has 0 saturated heterocycles. The summed E-state index contributed by atoms with van der Waals surface area (Å²) in [5.41, 5.74) is 0. The molecule has 2 N–H and O–H groups in total. The largest absolute Gasteiger partial charge is 0.357 e. The van der Waals surface area contributed by atoms with Gasteiger partial charge < -0.3 is 10.6 Å². The summed E-state index contributed by atoms with van der Waals surface area (Å²) in [5.74, 6) is 1.55. The van der Waals surface area contributed by atoms with Crippen molar-refractivity contribution in [1.82, 2.24) is 15.5 Å². The zero-order chi connectivity index (χ0) is 15.5. The van der Waals surface area contributed by atoms with Crippen molar-refractivity contribution >= 4 is 5.96 Å². The average Bonchev–Trinajstić information content (AvgIpc) is 2.34. The van der Waals surface area contributed by atoms with Crippen molar-refractivity contribution in [3.8, 4) is 0 Å². The molecular weight excluding hydrogens is 248 g/mol. The third kappa shape index (κ3) is 9.18. The van der Waals surface area contributed by atoms with E-state index in [1.54, 1.807) is 0 Å². The summed E-state index contributed by atoms with van der Waals surface area (Å²) in [6, 6.07) is 1.22. The Hall–Kier alpha value is -0.770. The molecule has 0 rings (SSSR count). The highest BCUT2D eigenvalue weighted by Crippen LogP contribution is 2.05. The van der Waals surface area contributed by atoms with E-state index < -0.39 is 0 Å². The molecule has 20 heavy (non-hydrogen) atoms. The van der Waals surface area contributed by atoms with Crippen LogP contribution in [0.4, 0.5) is 0 Å². The monoisotopic (exact) mass is 284 g/mol. The maximum Gasteiger partial charge on any atom is 0.191 e. The second-order valence-electron chi connectivity index (χ2n) is 6.32. The van der Waals surface area contributed by atoms with Gasteiger partial charge in [-0.15, -0.1) is 0 Å². The van der Waals surface area contributed by atoms with Gasteiger partial charge >= 0.3 is 0 Å². The lowest BCUT2D eigenvalue weighted by atomic mass is 10.2. The minimum atomic E-state index is 0.600. The van der Waals surface area contributed by atoms with Gasteiger partial charge in [-0.25, -0.2) is 0 Å². The Morgan fingerprint density at radius 1 is 1.00 bits per heavy atom. The molecule has 0 spiro atoms. The lowest BCUT2D eigenvalue weighted by Crippen LogP contribution is -2.41. The van der Waals surface area contributed by atoms with E-state index in [1.165, 1.54) is 0 Å². The van der Waals surface area contributed by atoms with Crippen LogP contribution in [0.5, 0.6) is 0 Å². The van der Waals surface area contributed by atoms with Crippen LogP contribution in [0.2, 0.25) is 0 Å². The minimum absolute atomic E-state index is 0.600. The molecule has 120 valence electrons. The second kappa shape index (κ2) is 11.0. The van der Waals surface area contributed by atoms with Gasteiger partial charge in [0, 0.05) is 38.3 Å². The lowest BCUT2D eigenvalue weighted by Gasteiger charge is -2.30. The molecule has 0 saturated carbocycles. The van der Waals surface area contributed by atoms with Crippen LogP contribution in [-0.4, -0.2) is 49.1 Å². The molecule has 0 aromatic heterocycles. The fourth-order valence-corrected chi connectivity index (χ4v) is 2.20. The van der Waals surface area contributed by atoms with Gasteiger partial charge in [0.1, 0.15) is 0 Å². The van der Waals surface area contributed by atoms with Gasteiger partial charge in [0.2, 0.25) is 0 Å². The van der Waals surface area contributed by atoms with Crippen molar-refractivity contribution in [2.24, 2.45) is 10.9 Å². The molecular formula is C16H36N4. The highest BCUT2D eigenvalue weighted by molar-refractivity contribution is 5.79. The quantitative estimate of drug-likeness (QED) is 0.388. The molecule has 0 aliphatic heterocycles. The molecule has 0 unspecified atom stereocenters. The first-order valence-electron chi connectivity index (χ1n) is 8.16. The number of rotatable bonds is 9. The topological polar surface area (TPSA) is 39.7 Å². The summed E-state index contributed by atoms with van der Waals surface area (Å²) >= 11 is 0. The maximum absolute atomic E-state index is 4.58. The summed E-state index contributed by atoms with van der Waals surface area (Å²) in [5, 5.41) is 6.72. The van der Waals surface area contributed by atoms with Crippen LogP contribution in [0.15, 0.2) is 4.99 Å². The van der Waals surface area contributed by atoms with Crippen LogP contribution in [0.25, 0.3) is 0 Å². The first-order valence-corrected chi connectivity index (χ1v) is 8.16. The van der Waals surface area contributed by atoms with Crippen LogP contribution >= 0.6 is 0 Å². The zero-order valence-corrected chi connectivity index (χ0v) is 14.7. The molecule has 0 heterocycles. The van der Waals surface area contributed by atoms with Crippen molar-refractivity contribution in [1.29, 1.82) is 0 Å². The summed E-state index contributed by atoms with van der Waals surface area (Å²) in [6.45, 7) is 19.4. The fraction of sp³-hybridized carbons (Fsp3) is 0.938. The van der Waals surface area contributed by atoms with Crippen LogP contribution < -0.4 is 10.6 Å². The molecule has 0 aromatic carbocycles. The molecule has 0 bridgehead atoms. The maximum atomic E-state index is 4.58. The van der Waals surface area contributed by atoms with E-state index in [1.807, 2.05) is 0 Å². The van der Waals surface area contributed by atoms with Crippen molar-refractivity contribution < 1.29 is 0 Å². The second-order valence-corrected chi connectivity index (χ2v) is 6.32. The SMILES string of the molecule is CCNC(=NCC(C)C)NCCCN(C(C)C)C(C)C. The molecule has 0 fully saturated rings. The Labute approximate surface area is 126 Å². The standard InChI is InChI=1S/C16H36N4/c1-8-17-16(19-12-13(2)3)18-10-9-11-20(14(4)5)15(6)7/h13-15H,8-12H2,1-7H3,(H2,17,18,19). The Bertz CT molecular complexity index is 251. The van der Waals surface area contributed by atoms with Gasteiger partial charge in [0.25, 0.3) is 0 Å². The first-order chi connectivity index (χ1) is 9.38. The third-order valence-corrected chi connectivity index (χ3v) is 3.17. The van der Waals surface area contributed by atoms with Crippen molar-refractivity contribution in [3.05, 3.63) is 0 Å². The van der Waals surface area contributed by atoms with Crippen molar-refractivity contribution in [2.75, 3.05) is 26.2 Å². The molecule has 0 radical (unpaired) electrons. The van der Waals surface area contributed by atoms with Crippen molar-refractivity contribution in [2.45, 2.75) is 67.0 Å². The van der Waals surface area contributed by atoms with E-state index >= 15 is 0 Å². The normalized spacial score (nSPS) is 12.8. The van der Waals surface area contributed by atoms with E-state index in [2.05, 4.69) is 69.0 Å². The van der Waals surface area contributed by atoms with E-state index in [0.29, 0.717) is 18.0 Å². The van der Waals surface area contributed by atoms with Crippen molar-refractivity contribution in [3.63, 3.8) is 0 Å². The van der Waals surface area contributed by atoms with Crippen LogP contribution in [0, 0.1) is 5.92 Å². The van der Waals surface area contributed by atoms with Gasteiger partial charge in [0.15, 0.2) is 5.96 Å². The van der Waals surface area contributed by atoms with Gasteiger partial charge in [-0.2, -0.15) is 0 Å². The zero-order valence-electron chi connectivity index (χ0n) is 14.7. The summed E-state index contributed by atoms with van der Waals surface area (Å²) in [6.07, 6.45) is 1.14. The van der Waals surface area contributed by atoms with Crippen LogP contribution in [0.1, 0.15) is 54.9 Å². The summed E-state index contributed by atoms with van der Waals surface area (Å²) < 4.78 is 0. The molecule has 4 heteroatoms. The summed E-state index contributed by atoms with van der Waals surface area (Å²) in [7, 11) is 0. The van der Waals surface area contributed by atoms with Crippen LogP contribution in [0.3, 0.4) is 0 Å². The van der Waals surface area contributed by atoms with E-state index in [9.17, 15) is 0 Å². The number of hydrogen-bond acceptors (Lipinski definition) is 2. The first kappa shape index (κ1) is 19.2. The number of hydrogen-bond donors (Lipinski definition) is 2. The smallest absolute Gasteiger partial charge is 0.191 e. The Kier molecular flexibility index (Phi) is 10.5. The molecule has 0 aliphatic carbocycles. The molecule has 0 amide bonds. The number of guanidine groups is 1. The predicted molar refractivity (Wildman–Crippen MR) is 90.4 cm³/mol.